The molecule has 3 heteroatoms. The predicted octanol–water partition coefficient (Wildman–Crippen LogP) is 4.59. The van der Waals surface area contributed by atoms with Crippen LogP contribution in [0.3, 0.4) is 0 Å². The summed E-state index contributed by atoms with van der Waals surface area (Å²) in [6.45, 7) is 5.85. The number of hydrogen-bond donors (Lipinski definition) is 0. The molecule has 0 aliphatic rings. The highest BCUT2D eigenvalue weighted by atomic mass is 79.9. The fraction of sp³-hybridized carbons (Fsp3) is 0.538. The lowest BCUT2D eigenvalue weighted by Crippen LogP contribution is -1.88. The van der Waals surface area contributed by atoms with Crippen molar-refractivity contribution in [2.75, 3.05) is 11.9 Å². The zero-order valence-electron chi connectivity index (χ0n) is 10.2. The Morgan fingerprint density at radius 2 is 2.12 bits per heavy atom. The van der Waals surface area contributed by atoms with Gasteiger partial charge in [0.15, 0.2) is 0 Å². The highest BCUT2D eigenvalue weighted by molar-refractivity contribution is 9.09. The predicted molar refractivity (Wildman–Crippen MR) is 72.1 cm³/mol. The molecule has 0 N–H and O–H groups in total. The smallest absolute Gasteiger partial charge is 0.148 e. The summed E-state index contributed by atoms with van der Waals surface area (Å²) in [4.78, 5) is 0. The molecule has 0 bridgehead atoms. The van der Waals surface area contributed by atoms with E-state index in [1.165, 1.54) is 12.2 Å². The van der Waals surface area contributed by atoms with Gasteiger partial charge < -0.3 is 4.74 Å². The van der Waals surface area contributed by atoms with Crippen molar-refractivity contribution in [1.82, 2.24) is 0 Å². The maximum absolute atomic E-state index is 13.0. The molecule has 0 spiro atoms. The van der Waals surface area contributed by atoms with Gasteiger partial charge in [0.05, 0.1) is 5.76 Å². The van der Waals surface area contributed by atoms with Gasteiger partial charge in [-0.2, -0.15) is 0 Å². The number of terminal acetylenes is 1. The first-order valence-electron chi connectivity index (χ1n) is 5.37. The number of allylic oxidation sites excluding steroid dienone is 4. The Labute approximate surface area is 107 Å². The van der Waals surface area contributed by atoms with Gasteiger partial charge in [-0.05, 0) is 25.8 Å². The number of hydrogen-bond acceptors (Lipinski definition) is 1. The molecule has 0 radical (unpaired) electrons. The van der Waals surface area contributed by atoms with E-state index in [4.69, 9.17) is 11.2 Å². The molecule has 0 saturated heterocycles. The summed E-state index contributed by atoms with van der Waals surface area (Å²) in [5.74, 6) is 2.53. The molecule has 0 saturated carbocycles. The molecular formula is C13H20BrFO. The summed E-state index contributed by atoms with van der Waals surface area (Å²) in [5.41, 5.74) is 0. The molecule has 0 unspecified atom stereocenters. The normalized spacial score (nSPS) is 11.2. The average Bonchev–Trinajstić information content (AvgIpc) is 2.29. The van der Waals surface area contributed by atoms with Crippen molar-refractivity contribution in [3.63, 3.8) is 0 Å². The molecule has 0 aromatic heterocycles. The molecule has 0 heterocycles. The topological polar surface area (TPSA) is 9.23 Å². The van der Waals surface area contributed by atoms with E-state index in [-0.39, 0.29) is 12.4 Å². The van der Waals surface area contributed by atoms with E-state index >= 15 is 0 Å². The highest BCUT2D eigenvalue weighted by Crippen LogP contribution is 2.07. The Morgan fingerprint density at radius 1 is 1.50 bits per heavy atom. The number of alkyl halides is 1. The van der Waals surface area contributed by atoms with E-state index < -0.39 is 0 Å². The van der Waals surface area contributed by atoms with E-state index in [0.29, 0.717) is 5.76 Å². The second kappa shape index (κ2) is 14.2. The van der Waals surface area contributed by atoms with Crippen LogP contribution in [0.5, 0.6) is 0 Å². The molecule has 0 fully saturated rings. The second-order valence-electron chi connectivity index (χ2n) is 2.67. The van der Waals surface area contributed by atoms with Crippen LogP contribution in [0.25, 0.3) is 0 Å². The zero-order chi connectivity index (χ0) is 12.8. The third kappa shape index (κ3) is 13.2. The first kappa shape index (κ1) is 17.6. The van der Waals surface area contributed by atoms with Crippen molar-refractivity contribution in [1.29, 1.82) is 0 Å². The molecule has 0 atom stereocenters. The Hall–Kier alpha value is -0.750. The van der Waals surface area contributed by atoms with E-state index in [1.54, 1.807) is 6.92 Å². The van der Waals surface area contributed by atoms with Gasteiger partial charge in [0, 0.05) is 11.4 Å². The van der Waals surface area contributed by atoms with Crippen LogP contribution in [0.2, 0.25) is 0 Å². The number of rotatable bonds is 6. The van der Waals surface area contributed by atoms with Gasteiger partial charge in [0.25, 0.3) is 0 Å². The van der Waals surface area contributed by atoms with Gasteiger partial charge in [0.1, 0.15) is 12.4 Å². The van der Waals surface area contributed by atoms with Crippen molar-refractivity contribution >= 4 is 15.9 Å². The third-order valence-corrected chi connectivity index (χ3v) is 1.96. The molecule has 0 amide bonds. The standard InChI is InChI=1S/C11H14BrFO.C2H6/c1-3-8-14-10(2)9-11(13)6-4-5-7-12;1-2/h1,6,9H,4-5,7-8H2,2H3;1-2H3/b10-9+,11-6+;. The zero-order valence-corrected chi connectivity index (χ0v) is 11.8. The quantitative estimate of drug-likeness (QED) is 0.228. The first-order valence-corrected chi connectivity index (χ1v) is 6.49. The number of ether oxygens (including phenoxy) is 1. The third-order valence-electron chi connectivity index (χ3n) is 1.40. The van der Waals surface area contributed by atoms with Crippen LogP contribution in [0.15, 0.2) is 23.7 Å². The van der Waals surface area contributed by atoms with Crippen LogP contribution in [-0.2, 0) is 4.74 Å². The van der Waals surface area contributed by atoms with Crippen LogP contribution < -0.4 is 0 Å². The van der Waals surface area contributed by atoms with E-state index in [9.17, 15) is 4.39 Å². The minimum absolute atomic E-state index is 0.178. The van der Waals surface area contributed by atoms with Gasteiger partial charge in [-0.15, -0.1) is 6.42 Å². The Bertz CT molecular complexity index is 251. The molecule has 1 nitrogen and oxygen atoms in total. The van der Waals surface area contributed by atoms with Crippen LogP contribution in [0.1, 0.15) is 33.6 Å². The Morgan fingerprint density at radius 3 is 2.62 bits per heavy atom. The lowest BCUT2D eigenvalue weighted by molar-refractivity contribution is 0.255. The monoisotopic (exact) mass is 290 g/mol. The Balaban J connectivity index is 0. The van der Waals surface area contributed by atoms with Gasteiger partial charge in [-0.3, -0.25) is 0 Å². The van der Waals surface area contributed by atoms with E-state index in [1.807, 2.05) is 13.8 Å². The fourth-order valence-corrected chi connectivity index (χ4v) is 1.09. The van der Waals surface area contributed by atoms with Crippen molar-refractivity contribution in [3.05, 3.63) is 23.7 Å². The van der Waals surface area contributed by atoms with Gasteiger partial charge in [-0.1, -0.05) is 35.7 Å². The molecule has 0 rings (SSSR count). The van der Waals surface area contributed by atoms with Crippen LogP contribution >= 0.6 is 15.9 Å². The summed E-state index contributed by atoms with van der Waals surface area (Å²) >= 11 is 3.27. The molecule has 16 heavy (non-hydrogen) atoms. The summed E-state index contributed by atoms with van der Waals surface area (Å²) in [5, 5.41) is 0.882. The van der Waals surface area contributed by atoms with E-state index in [2.05, 4.69) is 21.9 Å². The highest BCUT2D eigenvalue weighted by Gasteiger charge is 1.92. The van der Waals surface area contributed by atoms with Gasteiger partial charge >= 0.3 is 0 Å². The van der Waals surface area contributed by atoms with E-state index in [0.717, 1.165) is 18.2 Å². The van der Waals surface area contributed by atoms with Crippen molar-refractivity contribution in [2.24, 2.45) is 0 Å². The second-order valence-corrected chi connectivity index (χ2v) is 3.46. The van der Waals surface area contributed by atoms with Crippen LogP contribution in [0.4, 0.5) is 4.39 Å². The summed E-state index contributed by atoms with van der Waals surface area (Å²) in [6.07, 6.45) is 9.50. The Kier molecular flexibility index (Phi) is 15.7. The first-order chi connectivity index (χ1) is 7.70. The fourth-order valence-electron chi connectivity index (χ4n) is 0.767. The van der Waals surface area contributed by atoms with Crippen LogP contribution in [-0.4, -0.2) is 11.9 Å². The van der Waals surface area contributed by atoms with Crippen molar-refractivity contribution in [2.45, 2.75) is 33.6 Å². The lowest BCUT2D eigenvalue weighted by atomic mass is 10.3. The summed E-state index contributed by atoms with van der Waals surface area (Å²) in [6, 6.07) is 0. The van der Waals surface area contributed by atoms with Gasteiger partial charge in [-0.25, -0.2) is 4.39 Å². The molecule has 92 valence electrons. The maximum atomic E-state index is 13.0. The number of halogens is 2. The molecular weight excluding hydrogens is 271 g/mol. The average molecular weight is 291 g/mol. The molecule has 0 aromatic carbocycles. The SMILES string of the molecule is C#CCO/C(C)=C/C(F)=C\CCCBr.CC. The number of unbranched alkanes of at least 4 members (excludes halogenated alkanes) is 1. The minimum atomic E-state index is -0.277. The summed E-state index contributed by atoms with van der Waals surface area (Å²) in [7, 11) is 0. The largest absolute Gasteiger partial charge is 0.485 e. The molecule has 0 aliphatic carbocycles. The molecule has 0 aliphatic heterocycles. The molecule has 0 aromatic rings. The van der Waals surface area contributed by atoms with Crippen molar-refractivity contribution in [3.8, 4) is 12.3 Å². The van der Waals surface area contributed by atoms with Crippen molar-refractivity contribution < 1.29 is 9.13 Å². The van der Waals surface area contributed by atoms with Crippen LogP contribution in [0, 0.1) is 12.3 Å². The minimum Gasteiger partial charge on any atom is -0.485 e. The van der Waals surface area contributed by atoms with Gasteiger partial charge in [0.2, 0.25) is 0 Å². The summed E-state index contributed by atoms with van der Waals surface area (Å²) < 4.78 is 18.0. The maximum Gasteiger partial charge on any atom is 0.148 e. The lowest BCUT2D eigenvalue weighted by Gasteiger charge is -2.00.